The summed E-state index contributed by atoms with van der Waals surface area (Å²) >= 11 is 0. The molecule has 0 bridgehead atoms. The molecule has 1 N–H and O–H groups in total. The van der Waals surface area contributed by atoms with Crippen LogP contribution in [0.25, 0.3) is 6.08 Å². The van der Waals surface area contributed by atoms with Gasteiger partial charge in [-0.2, -0.15) is 0 Å². The number of cyclic esters (lactones) is 1. The molecule has 0 unspecified atom stereocenters. The number of fused-ring (bicyclic) bond motifs is 1. The molecule has 2 rings (SSSR count). The fourth-order valence-corrected chi connectivity index (χ4v) is 2.14. The molecule has 114 valence electrons. The van der Waals surface area contributed by atoms with E-state index >= 15 is 0 Å². The fraction of sp³-hybridized carbons (Fsp3) is 0.438. The van der Waals surface area contributed by atoms with E-state index in [4.69, 9.17) is 19.3 Å². The summed E-state index contributed by atoms with van der Waals surface area (Å²) in [4.78, 5) is 12.2. The summed E-state index contributed by atoms with van der Waals surface area (Å²) in [5, 5.41) is 8.79. The van der Waals surface area contributed by atoms with Gasteiger partial charge in [0.25, 0.3) is 0 Å². The first-order valence-corrected chi connectivity index (χ1v) is 6.88. The van der Waals surface area contributed by atoms with Crippen LogP contribution < -0.4 is 9.47 Å². The lowest BCUT2D eigenvalue weighted by molar-refractivity contribution is -0.127. The van der Waals surface area contributed by atoms with Crippen molar-refractivity contribution >= 4 is 12.0 Å². The van der Waals surface area contributed by atoms with Crippen LogP contribution in [0.1, 0.15) is 42.6 Å². The normalized spacial score (nSPS) is 16.3. The van der Waals surface area contributed by atoms with E-state index in [-0.39, 0.29) is 6.61 Å². The zero-order valence-corrected chi connectivity index (χ0v) is 12.5. The van der Waals surface area contributed by atoms with Crippen LogP contribution in [-0.2, 0) is 4.74 Å². The number of aliphatic hydroxyl groups excluding tert-OH is 1. The van der Waals surface area contributed by atoms with Gasteiger partial charge in [-0.05, 0) is 24.5 Å². The molecular weight excluding hydrogens is 272 g/mol. The highest BCUT2D eigenvalue weighted by atomic mass is 16.7. The molecule has 0 amide bonds. The Kier molecular flexibility index (Phi) is 4.53. The number of allylic oxidation sites excluding steroid dienone is 1. The van der Waals surface area contributed by atoms with E-state index in [1.54, 1.807) is 33.1 Å². The average molecular weight is 292 g/mol. The van der Waals surface area contributed by atoms with E-state index in [1.165, 1.54) is 0 Å². The van der Waals surface area contributed by atoms with Crippen LogP contribution in [-0.4, -0.2) is 30.6 Å². The zero-order valence-electron chi connectivity index (χ0n) is 12.5. The number of hydrogen-bond acceptors (Lipinski definition) is 5. The molecule has 21 heavy (non-hydrogen) atoms. The molecule has 1 aromatic rings. The number of carbonyl (C=O) groups excluding carboxylic acids is 1. The highest BCUT2D eigenvalue weighted by molar-refractivity contribution is 5.98. The van der Waals surface area contributed by atoms with Gasteiger partial charge < -0.3 is 19.3 Å². The number of aliphatic hydroxyl groups is 1. The minimum atomic E-state index is -0.992. The first-order chi connectivity index (χ1) is 9.96. The minimum absolute atomic E-state index is 0.139. The number of unbranched alkanes of at least 4 members (excludes halogenated alkanes) is 1. The number of benzene rings is 1. The van der Waals surface area contributed by atoms with Crippen LogP contribution >= 0.6 is 0 Å². The van der Waals surface area contributed by atoms with E-state index in [0.29, 0.717) is 29.0 Å². The second kappa shape index (κ2) is 6.18. The molecule has 1 heterocycles. The van der Waals surface area contributed by atoms with E-state index < -0.39 is 11.8 Å². The molecule has 0 atom stereocenters. The molecule has 0 radical (unpaired) electrons. The van der Waals surface area contributed by atoms with Gasteiger partial charge in [0.15, 0.2) is 0 Å². The van der Waals surface area contributed by atoms with Gasteiger partial charge in [-0.1, -0.05) is 12.2 Å². The molecule has 5 nitrogen and oxygen atoms in total. The van der Waals surface area contributed by atoms with Crippen molar-refractivity contribution in [2.45, 2.75) is 32.5 Å². The van der Waals surface area contributed by atoms with E-state index in [2.05, 4.69) is 0 Å². The van der Waals surface area contributed by atoms with Crippen LogP contribution in [0.4, 0.5) is 0 Å². The summed E-state index contributed by atoms with van der Waals surface area (Å²) in [5.41, 5.74) is 1.08. The average Bonchev–Trinajstić information content (AvgIpc) is 2.41. The lowest BCUT2D eigenvalue weighted by Crippen LogP contribution is -2.39. The van der Waals surface area contributed by atoms with Gasteiger partial charge in [0.05, 0.1) is 7.11 Å². The third-order valence-corrected chi connectivity index (χ3v) is 3.07. The second-order valence-electron chi connectivity index (χ2n) is 5.25. The predicted octanol–water partition coefficient (Wildman–Crippen LogP) is 2.77. The summed E-state index contributed by atoms with van der Waals surface area (Å²) in [6.45, 7) is 3.51. The summed E-state index contributed by atoms with van der Waals surface area (Å²) in [5.74, 6) is -0.335. The van der Waals surface area contributed by atoms with Crippen LogP contribution in [0.15, 0.2) is 18.2 Å². The lowest BCUT2D eigenvalue weighted by Gasteiger charge is -2.32. The van der Waals surface area contributed by atoms with Gasteiger partial charge >= 0.3 is 5.97 Å². The van der Waals surface area contributed by atoms with Crippen molar-refractivity contribution in [3.05, 3.63) is 29.3 Å². The summed E-state index contributed by atoms with van der Waals surface area (Å²) in [7, 11) is 1.56. The molecule has 1 aliphatic heterocycles. The number of carbonyl (C=O) groups is 1. The molecule has 0 fully saturated rings. The lowest BCUT2D eigenvalue weighted by atomic mass is 10.0. The predicted molar refractivity (Wildman–Crippen MR) is 78.5 cm³/mol. The zero-order chi connectivity index (χ0) is 15.5. The Morgan fingerprint density at radius 2 is 2.10 bits per heavy atom. The first kappa shape index (κ1) is 15.4. The Balaban J connectivity index is 2.41. The maximum absolute atomic E-state index is 12.2. The minimum Gasteiger partial charge on any atom is -0.497 e. The second-order valence-corrected chi connectivity index (χ2v) is 5.25. The SMILES string of the molecule is COc1cc(/C=C/CCCO)c2c(c1)OC(C)(C)OC2=O. The Morgan fingerprint density at radius 1 is 1.33 bits per heavy atom. The van der Waals surface area contributed by atoms with Crippen LogP contribution in [0.5, 0.6) is 11.5 Å². The van der Waals surface area contributed by atoms with Gasteiger partial charge in [0.1, 0.15) is 17.1 Å². The van der Waals surface area contributed by atoms with Crippen LogP contribution in [0.3, 0.4) is 0 Å². The third-order valence-electron chi connectivity index (χ3n) is 3.07. The van der Waals surface area contributed by atoms with Crippen molar-refractivity contribution in [3.8, 4) is 11.5 Å². The summed E-state index contributed by atoms with van der Waals surface area (Å²) in [6.07, 6.45) is 5.12. The molecule has 5 heteroatoms. The van der Waals surface area contributed by atoms with Crippen molar-refractivity contribution in [1.29, 1.82) is 0 Å². The summed E-state index contributed by atoms with van der Waals surface area (Å²) < 4.78 is 16.2. The van der Waals surface area contributed by atoms with Crippen molar-refractivity contribution in [1.82, 2.24) is 0 Å². The fourth-order valence-electron chi connectivity index (χ4n) is 2.14. The first-order valence-electron chi connectivity index (χ1n) is 6.88. The van der Waals surface area contributed by atoms with Gasteiger partial charge in [-0.25, -0.2) is 4.79 Å². The van der Waals surface area contributed by atoms with Crippen molar-refractivity contribution in [2.75, 3.05) is 13.7 Å². The summed E-state index contributed by atoms with van der Waals surface area (Å²) in [6, 6.07) is 3.44. The number of methoxy groups -OCH3 is 1. The Hall–Kier alpha value is -2.01. The van der Waals surface area contributed by atoms with E-state index in [0.717, 1.165) is 6.42 Å². The molecule has 1 aromatic carbocycles. The number of esters is 1. The highest BCUT2D eigenvalue weighted by Gasteiger charge is 2.35. The van der Waals surface area contributed by atoms with Gasteiger partial charge in [0, 0.05) is 26.5 Å². The topological polar surface area (TPSA) is 65.0 Å². The molecule has 0 saturated heterocycles. The number of ether oxygens (including phenoxy) is 3. The van der Waals surface area contributed by atoms with Gasteiger partial charge in [-0.3, -0.25) is 0 Å². The highest BCUT2D eigenvalue weighted by Crippen LogP contribution is 2.37. The van der Waals surface area contributed by atoms with Crippen molar-refractivity contribution in [2.24, 2.45) is 0 Å². The number of rotatable bonds is 5. The van der Waals surface area contributed by atoms with Crippen molar-refractivity contribution in [3.63, 3.8) is 0 Å². The standard InChI is InChI=1S/C16H20O5/c1-16(2)20-13-10-12(19-3)9-11(7-5-4-6-8-17)14(13)15(18)21-16/h5,7,9-10,17H,4,6,8H2,1-3H3/b7-5+. The maximum atomic E-state index is 12.2. The largest absolute Gasteiger partial charge is 0.497 e. The molecule has 0 aromatic heterocycles. The maximum Gasteiger partial charge on any atom is 0.345 e. The van der Waals surface area contributed by atoms with Gasteiger partial charge in [-0.15, -0.1) is 0 Å². The smallest absolute Gasteiger partial charge is 0.345 e. The Bertz CT molecular complexity index is 560. The molecule has 0 saturated carbocycles. The van der Waals surface area contributed by atoms with Crippen LogP contribution in [0, 0.1) is 0 Å². The molecule has 0 aliphatic carbocycles. The Morgan fingerprint density at radius 3 is 2.76 bits per heavy atom. The molecule has 0 spiro atoms. The Labute approximate surface area is 124 Å². The van der Waals surface area contributed by atoms with Crippen LogP contribution in [0.2, 0.25) is 0 Å². The molecular formula is C16H20O5. The van der Waals surface area contributed by atoms with E-state index in [9.17, 15) is 4.79 Å². The number of hydrogen-bond donors (Lipinski definition) is 1. The van der Waals surface area contributed by atoms with Crippen molar-refractivity contribution < 1.29 is 24.1 Å². The van der Waals surface area contributed by atoms with E-state index in [1.807, 2.05) is 12.2 Å². The third kappa shape index (κ3) is 3.55. The monoisotopic (exact) mass is 292 g/mol. The quantitative estimate of drug-likeness (QED) is 0.668. The molecule has 1 aliphatic rings. The van der Waals surface area contributed by atoms with Gasteiger partial charge in [0.2, 0.25) is 5.79 Å².